The van der Waals surface area contributed by atoms with E-state index in [1.165, 1.54) is 0 Å². The number of pyridine rings is 1. The maximum absolute atomic E-state index is 11.6. The third-order valence-electron chi connectivity index (χ3n) is 2.20. The number of carbonyl (C=O) groups is 1. The summed E-state index contributed by atoms with van der Waals surface area (Å²) in [6, 6.07) is 3.53. The molecule has 2 rings (SSSR count). The highest BCUT2D eigenvalue weighted by Crippen LogP contribution is 2.15. The molecule has 0 radical (unpaired) electrons. The molecule has 0 atom stereocenters. The van der Waals surface area contributed by atoms with E-state index in [1.807, 2.05) is 0 Å². The van der Waals surface area contributed by atoms with Crippen molar-refractivity contribution in [2.75, 3.05) is 7.05 Å². The summed E-state index contributed by atoms with van der Waals surface area (Å²) in [6.07, 6.45) is 1.68. The fourth-order valence-electron chi connectivity index (χ4n) is 1.53. The number of hydrogen-bond donors (Lipinski definition) is 1. The van der Waals surface area contributed by atoms with Crippen molar-refractivity contribution in [2.45, 2.75) is 6.92 Å². The van der Waals surface area contributed by atoms with Gasteiger partial charge < -0.3 is 5.32 Å². The van der Waals surface area contributed by atoms with Gasteiger partial charge in [-0.3, -0.25) is 9.20 Å². The highest BCUT2D eigenvalue weighted by atomic mass is 35.5. The highest BCUT2D eigenvalue weighted by molar-refractivity contribution is 6.30. The molecule has 0 spiro atoms. The highest BCUT2D eigenvalue weighted by Gasteiger charge is 2.14. The normalized spacial score (nSPS) is 10.6. The molecular formula is C10H10ClN3O. The Morgan fingerprint density at radius 1 is 1.53 bits per heavy atom. The average Bonchev–Trinajstić information content (AvgIpc) is 2.52. The lowest BCUT2D eigenvalue weighted by Crippen LogP contribution is -2.20. The predicted octanol–water partition coefficient (Wildman–Crippen LogP) is 1.66. The van der Waals surface area contributed by atoms with Crippen LogP contribution in [0.3, 0.4) is 0 Å². The van der Waals surface area contributed by atoms with Crippen molar-refractivity contribution in [3.05, 3.63) is 34.7 Å². The Hall–Kier alpha value is -1.55. The first kappa shape index (κ1) is 9.98. The number of carbonyl (C=O) groups excluding carboxylic acids is 1. The van der Waals surface area contributed by atoms with Gasteiger partial charge in [0.2, 0.25) is 0 Å². The van der Waals surface area contributed by atoms with Crippen LogP contribution in [0.25, 0.3) is 5.65 Å². The van der Waals surface area contributed by atoms with Crippen molar-refractivity contribution < 1.29 is 4.79 Å². The van der Waals surface area contributed by atoms with Crippen LogP contribution in [0.1, 0.15) is 16.2 Å². The summed E-state index contributed by atoms with van der Waals surface area (Å²) in [5.41, 5.74) is 1.93. The zero-order chi connectivity index (χ0) is 11.0. The molecule has 15 heavy (non-hydrogen) atoms. The van der Waals surface area contributed by atoms with Gasteiger partial charge in [-0.2, -0.15) is 0 Å². The van der Waals surface area contributed by atoms with E-state index in [1.54, 1.807) is 36.7 Å². The van der Waals surface area contributed by atoms with Gasteiger partial charge in [0.25, 0.3) is 5.91 Å². The molecule has 1 amide bonds. The number of fused-ring (bicyclic) bond motifs is 1. The summed E-state index contributed by atoms with van der Waals surface area (Å²) < 4.78 is 1.69. The second-order valence-electron chi connectivity index (χ2n) is 3.20. The van der Waals surface area contributed by atoms with Crippen molar-refractivity contribution in [2.24, 2.45) is 0 Å². The minimum absolute atomic E-state index is 0.165. The molecule has 0 aliphatic carbocycles. The zero-order valence-electron chi connectivity index (χ0n) is 8.41. The molecule has 0 fully saturated rings. The Morgan fingerprint density at radius 3 is 2.93 bits per heavy atom. The fraction of sp³-hybridized carbons (Fsp3) is 0.200. The summed E-state index contributed by atoms with van der Waals surface area (Å²) >= 11 is 5.87. The molecule has 1 N–H and O–H groups in total. The van der Waals surface area contributed by atoms with E-state index < -0.39 is 0 Å². The van der Waals surface area contributed by atoms with E-state index in [-0.39, 0.29) is 5.91 Å². The van der Waals surface area contributed by atoms with Crippen LogP contribution in [0, 0.1) is 6.92 Å². The van der Waals surface area contributed by atoms with Crippen molar-refractivity contribution in [1.82, 2.24) is 14.7 Å². The Kier molecular flexibility index (Phi) is 2.36. The maximum atomic E-state index is 11.6. The molecule has 2 aromatic rings. The number of nitrogens with zero attached hydrogens (tertiary/aromatic N) is 2. The first-order valence-corrected chi connectivity index (χ1v) is 4.87. The standard InChI is InChI=1S/C10H10ClN3O/c1-6-9(10(15)12-2)14-5-7(11)3-4-8(14)13-6/h3-5H,1-2H3,(H,12,15). The van der Waals surface area contributed by atoms with Gasteiger partial charge in [0.15, 0.2) is 0 Å². The maximum Gasteiger partial charge on any atom is 0.269 e. The number of halogens is 1. The zero-order valence-corrected chi connectivity index (χ0v) is 9.17. The molecule has 0 aliphatic rings. The molecule has 2 aromatic heterocycles. The van der Waals surface area contributed by atoms with Gasteiger partial charge in [0, 0.05) is 13.2 Å². The number of amides is 1. The SMILES string of the molecule is CNC(=O)c1c(C)nc2ccc(Cl)cn12. The van der Waals surface area contributed by atoms with Crippen LogP contribution in [0.4, 0.5) is 0 Å². The lowest BCUT2D eigenvalue weighted by atomic mass is 10.3. The lowest BCUT2D eigenvalue weighted by Gasteiger charge is -2.01. The Morgan fingerprint density at radius 2 is 2.27 bits per heavy atom. The summed E-state index contributed by atoms with van der Waals surface area (Å²) in [5.74, 6) is -0.165. The Bertz CT molecular complexity index is 533. The van der Waals surface area contributed by atoms with E-state index in [4.69, 9.17) is 11.6 Å². The van der Waals surface area contributed by atoms with E-state index in [2.05, 4.69) is 10.3 Å². The Balaban J connectivity index is 2.76. The lowest BCUT2D eigenvalue weighted by molar-refractivity contribution is 0.0956. The minimum Gasteiger partial charge on any atom is -0.354 e. The van der Waals surface area contributed by atoms with E-state index in [0.29, 0.717) is 16.4 Å². The topological polar surface area (TPSA) is 46.4 Å². The first-order valence-electron chi connectivity index (χ1n) is 4.50. The number of imidazole rings is 1. The summed E-state index contributed by atoms with van der Waals surface area (Å²) in [6.45, 7) is 1.80. The van der Waals surface area contributed by atoms with E-state index in [9.17, 15) is 4.79 Å². The molecule has 0 aromatic carbocycles. The summed E-state index contributed by atoms with van der Waals surface area (Å²) in [4.78, 5) is 15.9. The number of hydrogen-bond acceptors (Lipinski definition) is 2. The molecule has 0 bridgehead atoms. The molecule has 5 heteroatoms. The van der Waals surface area contributed by atoms with Gasteiger partial charge >= 0.3 is 0 Å². The number of rotatable bonds is 1. The second-order valence-corrected chi connectivity index (χ2v) is 3.64. The first-order chi connectivity index (χ1) is 7.13. The number of aryl methyl sites for hydroxylation is 1. The predicted molar refractivity (Wildman–Crippen MR) is 58.3 cm³/mol. The van der Waals surface area contributed by atoms with Gasteiger partial charge in [-0.1, -0.05) is 11.6 Å². The van der Waals surface area contributed by atoms with Gasteiger partial charge in [0.05, 0.1) is 10.7 Å². The largest absolute Gasteiger partial charge is 0.354 e. The quantitative estimate of drug-likeness (QED) is 0.799. The summed E-state index contributed by atoms with van der Waals surface area (Å²) in [5, 5.41) is 3.15. The Labute approximate surface area is 91.9 Å². The van der Waals surface area contributed by atoms with Crippen LogP contribution in [0.2, 0.25) is 5.02 Å². The molecule has 0 saturated carbocycles. The van der Waals surface area contributed by atoms with Gasteiger partial charge in [-0.05, 0) is 19.1 Å². The molecule has 2 heterocycles. The van der Waals surface area contributed by atoms with Crippen LogP contribution in [0.15, 0.2) is 18.3 Å². The van der Waals surface area contributed by atoms with Crippen LogP contribution < -0.4 is 5.32 Å². The molecule has 0 saturated heterocycles. The van der Waals surface area contributed by atoms with E-state index in [0.717, 1.165) is 5.65 Å². The van der Waals surface area contributed by atoms with Crippen molar-refractivity contribution in [3.63, 3.8) is 0 Å². The number of aromatic nitrogens is 2. The average molecular weight is 224 g/mol. The van der Waals surface area contributed by atoms with Crippen molar-refractivity contribution in [3.8, 4) is 0 Å². The number of nitrogens with one attached hydrogen (secondary N) is 1. The molecular weight excluding hydrogens is 214 g/mol. The third kappa shape index (κ3) is 1.57. The van der Waals surface area contributed by atoms with Crippen LogP contribution >= 0.6 is 11.6 Å². The molecule has 4 nitrogen and oxygen atoms in total. The third-order valence-corrected chi connectivity index (χ3v) is 2.42. The van der Waals surface area contributed by atoms with Crippen LogP contribution in [-0.2, 0) is 0 Å². The smallest absolute Gasteiger partial charge is 0.269 e. The minimum atomic E-state index is -0.165. The molecule has 0 unspecified atom stereocenters. The molecule has 0 aliphatic heterocycles. The van der Waals surface area contributed by atoms with Gasteiger partial charge in [-0.15, -0.1) is 0 Å². The van der Waals surface area contributed by atoms with E-state index >= 15 is 0 Å². The van der Waals surface area contributed by atoms with Crippen molar-refractivity contribution >= 4 is 23.2 Å². The van der Waals surface area contributed by atoms with Gasteiger partial charge in [-0.25, -0.2) is 4.98 Å². The molecule has 78 valence electrons. The van der Waals surface area contributed by atoms with Gasteiger partial charge in [0.1, 0.15) is 11.3 Å². The summed E-state index contributed by atoms with van der Waals surface area (Å²) in [7, 11) is 1.59. The fourth-order valence-corrected chi connectivity index (χ4v) is 1.69. The van der Waals surface area contributed by atoms with Crippen molar-refractivity contribution in [1.29, 1.82) is 0 Å². The second kappa shape index (κ2) is 3.55. The van der Waals surface area contributed by atoms with Crippen LogP contribution in [0.5, 0.6) is 0 Å². The monoisotopic (exact) mass is 223 g/mol. The van der Waals surface area contributed by atoms with Crippen LogP contribution in [-0.4, -0.2) is 22.3 Å².